The van der Waals surface area contributed by atoms with Crippen LogP contribution < -0.4 is 9.47 Å². The minimum Gasteiger partial charge on any atom is -0.508 e. The molecule has 10 heteroatoms. The van der Waals surface area contributed by atoms with E-state index in [0.29, 0.717) is 85.6 Å². The first-order valence-corrected chi connectivity index (χ1v) is 22.1. The molecule has 2 aromatic rings. The fraction of sp³-hybridized carbons (Fsp3) is 0.560. The number of hydrogen-bond acceptors (Lipinski definition) is 8. The molecule has 0 saturated carbocycles. The van der Waals surface area contributed by atoms with E-state index in [-0.39, 0.29) is 36.2 Å². The molecule has 6 rings (SSSR count). The summed E-state index contributed by atoms with van der Waals surface area (Å²) in [5.41, 5.74) is 6.90. The van der Waals surface area contributed by atoms with Gasteiger partial charge in [-0.15, -0.1) is 0 Å². The van der Waals surface area contributed by atoms with Crippen molar-refractivity contribution in [2.75, 3.05) is 13.1 Å². The summed E-state index contributed by atoms with van der Waals surface area (Å²) in [4.78, 5) is 30.9. The number of nitrogens with zero attached hydrogens (tertiary/aromatic N) is 2. The first kappa shape index (κ1) is 45.0. The number of unbranched alkanes of at least 4 members (excludes halogenated alkanes) is 1. The number of phenols is 2. The van der Waals surface area contributed by atoms with Crippen molar-refractivity contribution < 1.29 is 39.5 Å². The van der Waals surface area contributed by atoms with Crippen molar-refractivity contribution in [1.82, 2.24) is 9.80 Å². The second-order valence-corrected chi connectivity index (χ2v) is 18.7. The molecule has 0 spiro atoms. The Morgan fingerprint density at radius 2 is 1.02 bits per heavy atom. The maximum Gasteiger partial charge on any atom is 0.254 e. The van der Waals surface area contributed by atoms with Gasteiger partial charge < -0.3 is 39.7 Å². The molecule has 4 heterocycles. The van der Waals surface area contributed by atoms with Crippen molar-refractivity contribution >= 4 is 11.8 Å². The monoisotopic (exact) mass is 824 g/mol. The van der Waals surface area contributed by atoms with E-state index in [4.69, 9.17) is 9.47 Å². The van der Waals surface area contributed by atoms with E-state index < -0.39 is 23.4 Å². The molecule has 0 saturated heterocycles. The summed E-state index contributed by atoms with van der Waals surface area (Å²) in [7, 11) is 0. The van der Waals surface area contributed by atoms with Crippen LogP contribution in [0.25, 0.3) is 0 Å². The number of aliphatic hydroxyl groups is 2. The number of carbonyl (C=O) groups excluding carboxylic acids is 2. The van der Waals surface area contributed by atoms with E-state index in [2.05, 4.69) is 65.8 Å². The van der Waals surface area contributed by atoms with Gasteiger partial charge in [-0.2, -0.15) is 0 Å². The zero-order valence-corrected chi connectivity index (χ0v) is 37.2. The predicted octanol–water partition coefficient (Wildman–Crippen LogP) is 9.54. The van der Waals surface area contributed by atoms with Gasteiger partial charge in [-0.3, -0.25) is 9.59 Å². The first-order valence-electron chi connectivity index (χ1n) is 22.1. The van der Waals surface area contributed by atoms with Gasteiger partial charge in [0, 0.05) is 48.2 Å². The summed E-state index contributed by atoms with van der Waals surface area (Å²) in [5.74, 6) is 0.615. The Kier molecular flexibility index (Phi) is 14.0. The van der Waals surface area contributed by atoms with Crippen LogP contribution in [0.4, 0.5) is 0 Å². The van der Waals surface area contributed by atoms with Crippen molar-refractivity contribution in [3.63, 3.8) is 0 Å². The second-order valence-electron chi connectivity index (χ2n) is 18.7. The molecular weight excluding hydrogens is 757 g/mol. The summed E-state index contributed by atoms with van der Waals surface area (Å²) < 4.78 is 13.2. The highest BCUT2D eigenvalue weighted by molar-refractivity contribution is 6.00. The van der Waals surface area contributed by atoms with Gasteiger partial charge in [-0.25, -0.2) is 0 Å². The number of benzene rings is 2. The number of hydrogen-bond donors (Lipinski definition) is 4. The molecule has 60 heavy (non-hydrogen) atoms. The van der Waals surface area contributed by atoms with Gasteiger partial charge in [0.2, 0.25) is 0 Å². The molecule has 2 amide bonds. The summed E-state index contributed by atoms with van der Waals surface area (Å²) in [5, 5.41) is 44.4. The normalized spacial score (nSPS) is 23.4. The second kappa shape index (κ2) is 18.6. The fourth-order valence-corrected chi connectivity index (χ4v) is 9.08. The van der Waals surface area contributed by atoms with E-state index in [1.54, 1.807) is 9.80 Å². The molecule has 0 bridgehead atoms. The van der Waals surface area contributed by atoms with Gasteiger partial charge in [-0.05, 0) is 132 Å². The third-order valence-corrected chi connectivity index (χ3v) is 13.1. The van der Waals surface area contributed by atoms with E-state index in [1.165, 1.54) is 34.4 Å². The topological polar surface area (TPSA) is 140 Å². The molecule has 0 radical (unpaired) electrons. The van der Waals surface area contributed by atoms with E-state index in [0.717, 1.165) is 49.7 Å². The Hall–Kier alpha value is -4.54. The third-order valence-electron chi connectivity index (χ3n) is 13.1. The summed E-state index contributed by atoms with van der Waals surface area (Å²) >= 11 is 0. The fourth-order valence-electron chi connectivity index (χ4n) is 9.08. The van der Waals surface area contributed by atoms with Gasteiger partial charge in [0.05, 0.1) is 36.4 Å². The van der Waals surface area contributed by atoms with E-state index in [1.807, 2.05) is 13.8 Å². The SMILES string of the molecule is CC(C)=CCC/C(C)=C/CC[C@]1(C)Oc2c(c(O)cc3c2CN(CCCCN2Cc4c(cc(O)c5c4O[C@@](C)(CC/C=C(\C)CCC=C(C)C)[C@@H](O)C5)C2=O)C3=O)C[C@@H]1O. The Bertz CT molecular complexity index is 1940. The average Bonchev–Trinajstić information content (AvgIpc) is 3.66. The molecule has 4 atom stereocenters. The van der Waals surface area contributed by atoms with Crippen LogP contribution in [0, 0.1) is 0 Å². The number of rotatable bonds is 17. The van der Waals surface area contributed by atoms with Crippen LogP contribution in [0.1, 0.15) is 163 Å². The Balaban J connectivity index is 1.05. The van der Waals surface area contributed by atoms with E-state index in [9.17, 15) is 30.0 Å². The molecule has 0 fully saturated rings. The first-order chi connectivity index (χ1) is 28.4. The lowest BCUT2D eigenvalue weighted by Crippen LogP contribution is -2.49. The number of phenolic OH excluding ortho intramolecular Hbond substituents is 2. The summed E-state index contributed by atoms with van der Waals surface area (Å²) in [6, 6.07) is 3.03. The molecule has 2 aromatic carbocycles. The largest absolute Gasteiger partial charge is 0.508 e. The minimum absolute atomic E-state index is 0.0353. The minimum atomic E-state index is -0.872. The van der Waals surface area contributed by atoms with Crippen molar-refractivity contribution in [2.45, 2.75) is 169 Å². The van der Waals surface area contributed by atoms with Gasteiger partial charge in [0.1, 0.15) is 34.2 Å². The van der Waals surface area contributed by atoms with E-state index >= 15 is 0 Å². The van der Waals surface area contributed by atoms with Gasteiger partial charge in [-0.1, -0.05) is 46.6 Å². The predicted molar refractivity (Wildman–Crippen MR) is 236 cm³/mol. The molecule has 0 unspecified atom stereocenters. The Labute approximate surface area is 357 Å². The number of ether oxygens (including phenoxy) is 2. The highest BCUT2D eigenvalue weighted by Gasteiger charge is 2.46. The summed E-state index contributed by atoms with van der Waals surface area (Å²) in [6.45, 7) is 18.1. The maximum absolute atomic E-state index is 13.7. The third kappa shape index (κ3) is 9.81. The number of amides is 2. The smallest absolute Gasteiger partial charge is 0.254 e. The Morgan fingerprint density at radius 3 is 1.38 bits per heavy atom. The molecule has 4 N–H and O–H groups in total. The molecule has 4 aliphatic rings. The lowest BCUT2D eigenvalue weighted by Gasteiger charge is -2.41. The van der Waals surface area contributed by atoms with Crippen molar-refractivity contribution in [1.29, 1.82) is 0 Å². The molecule has 326 valence electrons. The molecule has 10 nitrogen and oxygen atoms in total. The Morgan fingerprint density at radius 1 is 0.633 bits per heavy atom. The maximum atomic E-state index is 13.7. The van der Waals surface area contributed by atoms with Crippen LogP contribution in [-0.4, -0.2) is 78.5 Å². The standard InChI is InChI=1S/C50H68N2O8/c1-31(2)15-11-17-33(5)19-13-21-49(7)43(55)27-37-41(53)25-35-39(45(37)59-49)29-51(47(35)57)23-9-10-24-52-30-40-36(48(52)58)26-42(54)38-28-44(56)50(8,60-46(38)40)22-14-20-34(6)18-12-16-32(3)4/h15-16,19-20,25-26,43-44,53-56H,9-14,17-18,21-24,27-30H2,1-8H3/b33-19+,34-20+/t43-,44-,49-,50-/m0/s1. The van der Waals surface area contributed by atoms with Crippen LogP contribution in [-0.2, 0) is 25.9 Å². The number of allylic oxidation sites excluding steroid dienone is 8. The zero-order valence-electron chi connectivity index (χ0n) is 37.2. The number of aliphatic hydroxyl groups excluding tert-OH is 2. The molecular formula is C50H68N2O8. The molecule has 4 aliphatic heterocycles. The van der Waals surface area contributed by atoms with Crippen LogP contribution in [0.2, 0.25) is 0 Å². The van der Waals surface area contributed by atoms with Crippen LogP contribution in [0.15, 0.2) is 58.7 Å². The van der Waals surface area contributed by atoms with Crippen molar-refractivity contribution in [3.05, 3.63) is 92.1 Å². The number of fused-ring (bicyclic) bond motifs is 6. The zero-order chi connectivity index (χ0) is 43.5. The molecule has 0 aromatic heterocycles. The van der Waals surface area contributed by atoms with Crippen LogP contribution >= 0.6 is 0 Å². The lowest BCUT2D eigenvalue weighted by molar-refractivity contribution is -0.0599. The lowest BCUT2D eigenvalue weighted by atomic mass is 9.84. The van der Waals surface area contributed by atoms with Crippen LogP contribution in [0.3, 0.4) is 0 Å². The quantitative estimate of drug-likeness (QED) is 0.0914. The van der Waals surface area contributed by atoms with Gasteiger partial charge in [0.25, 0.3) is 11.8 Å². The van der Waals surface area contributed by atoms with Crippen LogP contribution in [0.5, 0.6) is 23.0 Å². The molecule has 0 aliphatic carbocycles. The number of carbonyl (C=O) groups is 2. The number of aromatic hydroxyl groups is 2. The highest BCUT2D eigenvalue weighted by atomic mass is 16.5. The van der Waals surface area contributed by atoms with Crippen molar-refractivity contribution in [2.24, 2.45) is 0 Å². The summed E-state index contributed by atoms with van der Waals surface area (Å²) in [6.07, 6.45) is 15.7. The van der Waals surface area contributed by atoms with Gasteiger partial charge >= 0.3 is 0 Å². The van der Waals surface area contributed by atoms with Crippen molar-refractivity contribution in [3.8, 4) is 23.0 Å². The van der Waals surface area contributed by atoms with Gasteiger partial charge in [0.15, 0.2) is 0 Å². The average molecular weight is 825 g/mol. The highest BCUT2D eigenvalue weighted by Crippen LogP contribution is 2.48.